The molecule has 7 nitrogen and oxygen atoms in total. The van der Waals surface area contributed by atoms with Gasteiger partial charge in [0.1, 0.15) is 5.82 Å². The first kappa shape index (κ1) is 19.6. The number of carbonyl (C=O) groups excluding carboxylic acids is 1. The first-order chi connectivity index (χ1) is 14.2. The highest BCUT2D eigenvalue weighted by Gasteiger charge is 2.23. The van der Waals surface area contributed by atoms with E-state index in [0.717, 1.165) is 76.4 Å². The van der Waals surface area contributed by atoms with Crippen molar-refractivity contribution < 1.29 is 9.53 Å². The molecule has 1 aromatic heterocycles. The van der Waals surface area contributed by atoms with E-state index in [-0.39, 0.29) is 5.91 Å². The molecule has 0 spiro atoms. The maximum absolute atomic E-state index is 12.6. The lowest BCUT2D eigenvalue weighted by Crippen LogP contribution is -2.49. The van der Waals surface area contributed by atoms with Gasteiger partial charge in [-0.15, -0.1) is 0 Å². The highest BCUT2D eigenvalue weighted by Crippen LogP contribution is 2.20. The maximum Gasteiger partial charge on any atom is 0.227 e. The van der Waals surface area contributed by atoms with Crippen LogP contribution >= 0.6 is 0 Å². The van der Waals surface area contributed by atoms with Crippen LogP contribution in [-0.4, -0.2) is 73.3 Å². The quantitative estimate of drug-likeness (QED) is 0.771. The average molecular weight is 396 g/mol. The highest BCUT2D eigenvalue weighted by molar-refractivity contribution is 5.76. The molecule has 0 bridgehead atoms. The molecule has 0 saturated carbocycles. The predicted molar refractivity (Wildman–Crippen MR) is 113 cm³/mol. The number of hydrogen-bond donors (Lipinski definition) is 0. The number of hydrogen-bond acceptors (Lipinski definition) is 6. The van der Waals surface area contributed by atoms with Crippen LogP contribution in [0.15, 0.2) is 36.4 Å². The summed E-state index contributed by atoms with van der Waals surface area (Å²) in [7, 11) is 0. The molecule has 2 saturated heterocycles. The second-order valence-electron chi connectivity index (χ2n) is 7.62. The fourth-order valence-corrected chi connectivity index (χ4v) is 3.84. The molecule has 154 valence electrons. The van der Waals surface area contributed by atoms with Gasteiger partial charge < -0.3 is 19.4 Å². The van der Waals surface area contributed by atoms with Crippen molar-refractivity contribution in [2.24, 2.45) is 0 Å². The first-order valence-electron chi connectivity index (χ1n) is 10.4. The molecule has 0 N–H and O–H groups in total. The standard InChI is InChI=1S/C22H29N5O2/c1-18-17-20(25-13-15-29-16-14-25)24-22(23-18)27-11-9-26(10-12-27)21(28)8-7-19-5-3-2-4-6-19/h2-6,17H,7-16H2,1H3. The molecule has 3 heterocycles. The van der Waals surface area contributed by atoms with E-state index < -0.39 is 0 Å². The van der Waals surface area contributed by atoms with Gasteiger partial charge in [-0.1, -0.05) is 30.3 Å². The number of benzene rings is 1. The summed E-state index contributed by atoms with van der Waals surface area (Å²) in [5, 5.41) is 0. The predicted octanol–water partition coefficient (Wildman–Crippen LogP) is 1.90. The molecule has 1 amide bonds. The summed E-state index contributed by atoms with van der Waals surface area (Å²) in [5.74, 6) is 1.97. The maximum atomic E-state index is 12.6. The lowest BCUT2D eigenvalue weighted by atomic mass is 10.1. The molecule has 0 radical (unpaired) electrons. The summed E-state index contributed by atoms with van der Waals surface area (Å²) in [6.45, 7) is 8.18. The van der Waals surface area contributed by atoms with E-state index >= 15 is 0 Å². The zero-order valence-corrected chi connectivity index (χ0v) is 17.1. The lowest BCUT2D eigenvalue weighted by molar-refractivity contribution is -0.131. The van der Waals surface area contributed by atoms with Gasteiger partial charge in [0, 0.05) is 57.4 Å². The third kappa shape index (κ3) is 5.03. The minimum Gasteiger partial charge on any atom is -0.378 e. The molecular formula is C22H29N5O2. The van der Waals surface area contributed by atoms with Crippen LogP contribution in [0.1, 0.15) is 17.7 Å². The average Bonchev–Trinajstić information content (AvgIpc) is 2.78. The summed E-state index contributed by atoms with van der Waals surface area (Å²) in [5.41, 5.74) is 2.18. The third-order valence-corrected chi connectivity index (χ3v) is 5.55. The van der Waals surface area contributed by atoms with Crippen LogP contribution in [-0.2, 0) is 16.0 Å². The van der Waals surface area contributed by atoms with Gasteiger partial charge in [0.25, 0.3) is 0 Å². The van der Waals surface area contributed by atoms with Crippen molar-refractivity contribution in [2.75, 3.05) is 62.3 Å². The number of amides is 1. The number of morpholine rings is 1. The Morgan fingerprint density at radius 3 is 2.41 bits per heavy atom. The van der Waals surface area contributed by atoms with Gasteiger partial charge in [0.05, 0.1) is 13.2 Å². The highest BCUT2D eigenvalue weighted by atomic mass is 16.5. The minimum atomic E-state index is 0.229. The van der Waals surface area contributed by atoms with Crippen molar-refractivity contribution >= 4 is 17.7 Å². The molecule has 29 heavy (non-hydrogen) atoms. The number of anilines is 2. The van der Waals surface area contributed by atoms with Crippen LogP contribution < -0.4 is 9.80 Å². The smallest absolute Gasteiger partial charge is 0.227 e. The Labute approximate surface area is 172 Å². The van der Waals surface area contributed by atoms with Crippen LogP contribution in [0.3, 0.4) is 0 Å². The second kappa shape index (κ2) is 9.22. The Hall–Kier alpha value is -2.67. The molecule has 2 aliphatic heterocycles. The number of aryl methyl sites for hydroxylation is 2. The van der Waals surface area contributed by atoms with Crippen LogP contribution in [0.2, 0.25) is 0 Å². The zero-order valence-electron chi connectivity index (χ0n) is 17.1. The van der Waals surface area contributed by atoms with E-state index in [2.05, 4.69) is 26.9 Å². The van der Waals surface area contributed by atoms with Crippen molar-refractivity contribution in [3.63, 3.8) is 0 Å². The molecule has 2 fully saturated rings. The number of rotatable bonds is 5. The summed E-state index contributed by atoms with van der Waals surface area (Å²) in [6.07, 6.45) is 1.36. The molecule has 0 atom stereocenters. The number of aromatic nitrogens is 2. The minimum absolute atomic E-state index is 0.229. The lowest BCUT2D eigenvalue weighted by Gasteiger charge is -2.35. The van der Waals surface area contributed by atoms with E-state index in [9.17, 15) is 4.79 Å². The van der Waals surface area contributed by atoms with E-state index in [0.29, 0.717) is 6.42 Å². The molecule has 4 rings (SSSR count). The van der Waals surface area contributed by atoms with E-state index in [1.165, 1.54) is 5.56 Å². The van der Waals surface area contributed by atoms with Gasteiger partial charge in [-0.3, -0.25) is 4.79 Å². The van der Waals surface area contributed by atoms with Crippen LogP contribution in [0.4, 0.5) is 11.8 Å². The molecule has 2 aliphatic rings. The zero-order chi connectivity index (χ0) is 20.1. The fraction of sp³-hybridized carbons (Fsp3) is 0.500. The Balaban J connectivity index is 1.33. The number of nitrogens with zero attached hydrogens (tertiary/aromatic N) is 5. The largest absolute Gasteiger partial charge is 0.378 e. The second-order valence-corrected chi connectivity index (χ2v) is 7.62. The third-order valence-electron chi connectivity index (χ3n) is 5.55. The Kier molecular flexibility index (Phi) is 6.24. The Morgan fingerprint density at radius 1 is 0.966 bits per heavy atom. The topological polar surface area (TPSA) is 61.8 Å². The van der Waals surface area contributed by atoms with Gasteiger partial charge in [0.2, 0.25) is 11.9 Å². The van der Waals surface area contributed by atoms with E-state index in [1.54, 1.807) is 0 Å². The van der Waals surface area contributed by atoms with Crippen LogP contribution in [0.25, 0.3) is 0 Å². The van der Waals surface area contributed by atoms with Gasteiger partial charge in [0.15, 0.2) is 0 Å². The molecule has 1 aromatic carbocycles. The summed E-state index contributed by atoms with van der Waals surface area (Å²) < 4.78 is 5.45. The number of piperazine rings is 1. The van der Waals surface area contributed by atoms with Crippen LogP contribution in [0.5, 0.6) is 0 Å². The number of ether oxygens (including phenoxy) is 1. The summed E-state index contributed by atoms with van der Waals surface area (Å²) in [4.78, 5) is 28.5. The van der Waals surface area contributed by atoms with Gasteiger partial charge in [-0.25, -0.2) is 4.98 Å². The molecule has 0 aliphatic carbocycles. The Bertz CT molecular complexity index is 815. The SMILES string of the molecule is Cc1cc(N2CCOCC2)nc(N2CCN(C(=O)CCc3ccccc3)CC2)n1. The van der Waals surface area contributed by atoms with Gasteiger partial charge >= 0.3 is 0 Å². The summed E-state index contributed by atoms with van der Waals surface area (Å²) >= 11 is 0. The van der Waals surface area contributed by atoms with Crippen molar-refractivity contribution in [2.45, 2.75) is 19.8 Å². The van der Waals surface area contributed by atoms with Crippen molar-refractivity contribution in [3.8, 4) is 0 Å². The van der Waals surface area contributed by atoms with Crippen molar-refractivity contribution in [3.05, 3.63) is 47.7 Å². The molecule has 7 heteroatoms. The van der Waals surface area contributed by atoms with E-state index in [1.807, 2.05) is 36.1 Å². The van der Waals surface area contributed by atoms with Gasteiger partial charge in [-0.2, -0.15) is 4.98 Å². The Morgan fingerprint density at radius 2 is 1.69 bits per heavy atom. The van der Waals surface area contributed by atoms with Crippen LogP contribution in [0, 0.1) is 6.92 Å². The first-order valence-corrected chi connectivity index (χ1v) is 10.4. The molecular weight excluding hydrogens is 366 g/mol. The fourth-order valence-electron chi connectivity index (χ4n) is 3.84. The number of carbonyl (C=O) groups is 1. The van der Waals surface area contributed by atoms with Crippen molar-refractivity contribution in [1.29, 1.82) is 0 Å². The van der Waals surface area contributed by atoms with Gasteiger partial charge in [-0.05, 0) is 18.9 Å². The molecule has 0 unspecified atom stereocenters. The van der Waals surface area contributed by atoms with E-state index in [4.69, 9.17) is 9.72 Å². The normalized spacial score (nSPS) is 17.5. The summed E-state index contributed by atoms with van der Waals surface area (Å²) in [6, 6.07) is 12.2. The van der Waals surface area contributed by atoms with Crippen molar-refractivity contribution in [1.82, 2.24) is 14.9 Å². The monoisotopic (exact) mass is 395 g/mol. The molecule has 2 aromatic rings.